The number of halogens is 2. The molecule has 40 heavy (non-hydrogen) atoms. The zero-order valence-electron chi connectivity index (χ0n) is 21.4. The number of azo groups is 1. The van der Waals surface area contributed by atoms with Gasteiger partial charge in [-0.25, -0.2) is 4.98 Å². The average Bonchev–Trinajstić information content (AvgIpc) is 2.98. The molecule has 5 rings (SSSR count). The number of nitrogens with zero attached hydrogens (tertiary/aromatic N) is 3. The molecule has 202 valence electrons. The minimum Gasteiger partial charge on any atom is -0.398 e. The summed E-state index contributed by atoms with van der Waals surface area (Å²) in [4.78, 5) is 3.89. The number of benzene rings is 4. The van der Waals surface area contributed by atoms with Gasteiger partial charge in [0.2, 0.25) is 0 Å². The average molecular weight is 556 g/mol. The van der Waals surface area contributed by atoms with Crippen molar-refractivity contribution in [3.05, 3.63) is 150 Å². The third kappa shape index (κ3) is 7.51. The van der Waals surface area contributed by atoms with Gasteiger partial charge in [0, 0.05) is 0 Å². The van der Waals surface area contributed by atoms with E-state index in [-0.39, 0.29) is 18.2 Å². The summed E-state index contributed by atoms with van der Waals surface area (Å²) in [5.41, 5.74) is 13.4. The lowest BCUT2D eigenvalue weighted by atomic mass is 9.79. The summed E-state index contributed by atoms with van der Waals surface area (Å²) in [7, 11) is -2.41. The Kier molecular flexibility index (Phi) is 10.9. The predicted octanol–water partition coefficient (Wildman–Crippen LogP) is 7.03. The zero-order chi connectivity index (χ0) is 27.5. The molecule has 0 bridgehead atoms. The summed E-state index contributed by atoms with van der Waals surface area (Å²) in [5.74, 6) is 0.649. The Morgan fingerprint density at radius 1 is 0.650 bits per heavy atom. The van der Waals surface area contributed by atoms with Crippen molar-refractivity contribution in [2.45, 2.75) is 5.60 Å². The highest BCUT2D eigenvalue weighted by Gasteiger charge is 2.41. The Morgan fingerprint density at radius 3 is 1.48 bits per heavy atom. The molecule has 0 saturated carbocycles. The van der Waals surface area contributed by atoms with Crippen molar-refractivity contribution in [1.29, 1.82) is 0 Å². The molecule has 7 nitrogen and oxygen atoms in total. The molecule has 5 N–H and O–H groups in total. The number of nitrogens with two attached hydrogens (primary N) is 2. The maximum atomic E-state index is 13.6. The molecular weight excluding hydrogens is 528 g/mol. The normalized spacial score (nSPS) is 10.8. The van der Waals surface area contributed by atoms with Crippen molar-refractivity contribution in [2.75, 3.05) is 11.5 Å². The van der Waals surface area contributed by atoms with E-state index < -0.39 is 13.0 Å². The van der Waals surface area contributed by atoms with E-state index in [1.165, 1.54) is 0 Å². The van der Waals surface area contributed by atoms with Crippen LogP contribution in [0.2, 0.25) is 0 Å². The van der Waals surface area contributed by atoms with Crippen LogP contribution in [0.1, 0.15) is 16.7 Å². The van der Waals surface area contributed by atoms with E-state index in [9.17, 15) is 9.34 Å². The molecule has 0 radical (unpaired) electrons. The van der Waals surface area contributed by atoms with Crippen molar-refractivity contribution in [3.63, 3.8) is 0 Å². The molecule has 1 heterocycles. The lowest BCUT2D eigenvalue weighted by molar-refractivity contribution is 0.100. The Morgan fingerprint density at radius 2 is 1.07 bits per heavy atom. The molecular formula is C30H28BClFN5O2. The number of hydrogen-bond donors (Lipinski definition) is 3. The second kappa shape index (κ2) is 14.6. The number of nitrogen functional groups attached to an aromatic ring is 2. The SMILES string of the molecule is Cl.Nc1ccc(/N=N/c2ccccc2)c(N)n1.OB(F)OC(c1ccccc1)(c1ccccc1)c1ccccc1. The first-order valence-electron chi connectivity index (χ1n) is 12.1. The largest absolute Gasteiger partial charge is 0.678 e. The summed E-state index contributed by atoms with van der Waals surface area (Å²) in [6.45, 7) is 0. The Labute approximate surface area is 239 Å². The smallest absolute Gasteiger partial charge is 0.398 e. The number of rotatable bonds is 7. The van der Waals surface area contributed by atoms with Gasteiger partial charge in [0.25, 0.3) is 0 Å². The standard InChI is InChI=1S/C19H16BFO2.C11H11N5.ClH/c21-20(22)23-19(16-10-4-1-5-11-16,17-12-6-2-7-13-17)18-14-8-3-9-15-18;12-10-7-6-9(11(13)14-10)16-15-8-4-2-1-3-5-8;/h1-15,22H;1-7H,(H4,12,13,14);1H/b;16-15+;. The van der Waals surface area contributed by atoms with Gasteiger partial charge < -0.3 is 21.1 Å². The van der Waals surface area contributed by atoms with Crippen LogP contribution in [0.5, 0.6) is 0 Å². The van der Waals surface area contributed by atoms with Crippen molar-refractivity contribution in [2.24, 2.45) is 10.2 Å². The maximum Gasteiger partial charge on any atom is 0.678 e. The van der Waals surface area contributed by atoms with E-state index in [1.54, 1.807) is 12.1 Å². The minimum absolute atomic E-state index is 0. The molecule has 5 aromatic rings. The van der Waals surface area contributed by atoms with Crippen LogP contribution in [0.15, 0.2) is 144 Å². The van der Waals surface area contributed by atoms with Crippen LogP contribution in [0.25, 0.3) is 0 Å². The number of hydrogen-bond acceptors (Lipinski definition) is 7. The van der Waals surface area contributed by atoms with E-state index in [1.807, 2.05) is 121 Å². The first-order valence-corrected chi connectivity index (χ1v) is 12.1. The molecule has 0 aliphatic rings. The molecule has 0 unspecified atom stereocenters. The zero-order valence-corrected chi connectivity index (χ0v) is 22.2. The highest BCUT2D eigenvalue weighted by molar-refractivity contribution is 6.33. The summed E-state index contributed by atoms with van der Waals surface area (Å²) in [6.07, 6.45) is 0. The van der Waals surface area contributed by atoms with Gasteiger partial charge >= 0.3 is 7.40 Å². The van der Waals surface area contributed by atoms with Crippen molar-refractivity contribution in [3.8, 4) is 0 Å². The highest BCUT2D eigenvalue weighted by Crippen LogP contribution is 2.40. The van der Waals surface area contributed by atoms with E-state index >= 15 is 0 Å². The van der Waals surface area contributed by atoms with Gasteiger partial charge in [-0.3, -0.25) is 4.32 Å². The molecule has 4 aromatic carbocycles. The Bertz CT molecular complexity index is 1390. The second-order valence-electron chi connectivity index (χ2n) is 8.37. The van der Waals surface area contributed by atoms with Crippen molar-refractivity contribution in [1.82, 2.24) is 4.98 Å². The van der Waals surface area contributed by atoms with Crippen molar-refractivity contribution >= 4 is 42.8 Å². The van der Waals surface area contributed by atoms with E-state index in [0.717, 1.165) is 22.4 Å². The van der Waals surface area contributed by atoms with Crippen molar-refractivity contribution < 1.29 is 14.0 Å². The quantitative estimate of drug-likeness (QED) is 0.113. The lowest BCUT2D eigenvalue weighted by Crippen LogP contribution is -2.37. The van der Waals surface area contributed by atoms with Gasteiger partial charge in [-0.05, 0) is 41.0 Å². The molecule has 0 spiro atoms. The molecule has 1 aromatic heterocycles. The minimum atomic E-state index is -2.41. The molecule has 0 atom stereocenters. The predicted molar refractivity (Wildman–Crippen MR) is 160 cm³/mol. The Hall–Kier alpha value is -4.57. The summed E-state index contributed by atoms with van der Waals surface area (Å²) in [5, 5.41) is 17.4. The summed E-state index contributed by atoms with van der Waals surface area (Å²) in [6, 6.07) is 40.7. The van der Waals surface area contributed by atoms with Gasteiger partial charge in [0.1, 0.15) is 17.1 Å². The molecule has 0 aliphatic carbocycles. The fourth-order valence-electron chi connectivity index (χ4n) is 4.04. The van der Waals surface area contributed by atoms with Crippen LogP contribution in [-0.2, 0) is 10.3 Å². The topological polar surface area (TPSA) is 119 Å². The van der Waals surface area contributed by atoms with Crippen LogP contribution in [-0.4, -0.2) is 17.4 Å². The van der Waals surface area contributed by atoms with Gasteiger partial charge in [-0.15, -0.1) is 17.5 Å². The third-order valence-corrected chi connectivity index (χ3v) is 5.77. The molecule has 0 saturated heterocycles. The summed E-state index contributed by atoms with van der Waals surface area (Å²) < 4.78 is 19.1. The molecule has 0 fully saturated rings. The third-order valence-electron chi connectivity index (χ3n) is 5.77. The fraction of sp³-hybridized carbons (Fsp3) is 0.0333. The van der Waals surface area contributed by atoms with Gasteiger partial charge in [0.15, 0.2) is 5.82 Å². The summed E-state index contributed by atoms with van der Waals surface area (Å²) >= 11 is 0. The first kappa shape index (κ1) is 30.0. The van der Waals surface area contributed by atoms with Gasteiger partial charge in [-0.2, -0.15) is 5.11 Å². The lowest BCUT2D eigenvalue weighted by Gasteiger charge is -2.35. The van der Waals surface area contributed by atoms with E-state index in [4.69, 9.17) is 16.1 Å². The number of pyridine rings is 1. The van der Waals surface area contributed by atoms with E-state index in [2.05, 4.69) is 15.2 Å². The molecule has 10 heteroatoms. The maximum absolute atomic E-state index is 13.6. The molecule has 0 amide bonds. The Balaban J connectivity index is 0.000000229. The molecule has 0 aliphatic heterocycles. The second-order valence-corrected chi connectivity index (χ2v) is 8.37. The monoisotopic (exact) mass is 555 g/mol. The van der Waals surface area contributed by atoms with Gasteiger partial charge in [0.05, 0.1) is 5.69 Å². The number of anilines is 2. The first-order chi connectivity index (χ1) is 19.0. The number of aromatic nitrogens is 1. The van der Waals surface area contributed by atoms with Gasteiger partial charge in [-0.1, -0.05) is 109 Å². The van der Waals surface area contributed by atoms with Crippen LogP contribution >= 0.6 is 12.4 Å². The van der Waals surface area contributed by atoms with Crippen LogP contribution in [0, 0.1) is 0 Å². The van der Waals surface area contributed by atoms with E-state index in [0.29, 0.717) is 11.5 Å². The van der Waals surface area contributed by atoms with Crippen LogP contribution in [0.4, 0.5) is 27.3 Å². The fourth-order valence-corrected chi connectivity index (χ4v) is 4.04. The highest BCUT2D eigenvalue weighted by atomic mass is 35.5. The van der Waals surface area contributed by atoms with Crippen LogP contribution < -0.4 is 11.5 Å². The van der Waals surface area contributed by atoms with Crippen LogP contribution in [0.3, 0.4) is 0 Å².